The molecule has 0 atom stereocenters. The fraction of sp³-hybridized carbons (Fsp3) is 0.867. The lowest BCUT2D eigenvalue weighted by Crippen LogP contribution is -2.28. The van der Waals surface area contributed by atoms with Crippen molar-refractivity contribution in [1.82, 2.24) is 9.36 Å². The van der Waals surface area contributed by atoms with Crippen LogP contribution in [-0.4, -0.2) is 35.8 Å². The molecule has 0 unspecified atom stereocenters. The minimum absolute atomic E-state index is 0.330. The van der Waals surface area contributed by atoms with E-state index in [9.17, 15) is 8.42 Å². The van der Waals surface area contributed by atoms with Crippen molar-refractivity contribution < 1.29 is 8.42 Å². The maximum Gasteiger partial charge on any atom is 0.202 e. The summed E-state index contributed by atoms with van der Waals surface area (Å²) in [5.74, 6) is 2.26. The normalized spacial score (nSPS) is 27.1. The Morgan fingerprint density at radius 1 is 1.14 bits per heavy atom. The van der Waals surface area contributed by atoms with Crippen LogP contribution in [0.25, 0.3) is 0 Å². The lowest BCUT2D eigenvalue weighted by atomic mass is 9.87. The Labute approximate surface area is 137 Å². The highest BCUT2D eigenvalue weighted by Gasteiger charge is 2.25. The van der Waals surface area contributed by atoms with Gasteiger partial charge in [-0.05, 0) is 44.4 Å². The number of hydrogen-bond donors (Lipinski definition) is 1. The van der Waals surface area contributed by atoms with E-state index in [2.05, 4.69) is 14.7 Å². The number of anilines is 1. The first kappa shape index (κ1) is 16.2. The average molecular weight is 344 g/mol. The van der Waals surface area contributed by atoms with Gasteiger partial charge >= 0.3 is 0 Å². The van der Waals surface area contributed by atoms with Crippen LogP contribution in [0.5, 0.6) is 0 Å². The standard InChI is InChI=1S/C15H25N3O2S2/c1-22(19,20)10-11-6-8-13(9-7-11)16-15-17-14(18-21-15)12-4-2-3-5-12/h11-13H,2-10H2,1H3,(H,16,17,18). The van der Waals surface area contributed by atoms with Gasteiger partial charge in [0.05, 0.1) is 5.75 Å². The first-order valence-corrected chi connectivity index (χ1v) is 11.1. The highest BCUT2D eigenvalue weighted by molar-refractivity contribution is 7.90. The predicted molar refractivity (Wildman–Crippen MR) is 90.2 cm³/mol. The van der Waals surface area contributed by atoms with Gasteiger partial charge in [-0.1, -0.05) is 12.8 Å². The van der Waals surface area contributed by atoms with E-state index in [0.29, 0.717) is 23.6 Å². The number of sulfone groups is 1. The largest absolute Gasteiger partial charge is 0.358 e. The second-order valence-corrected chi connectivity index (χ2v) is 9.83. The Hall–Kier alpha value is -0.690. The van der Waals surface area contributed by atoms with Crippen LogP contribution in [0.15, 0.2) is 0 Å². The molecule has 1 aromatic rings. The quantitative estimate of drug-likeness (QED) is 0.889. The summed E-state index contributed by atoms with van der Waals surface area (Å²) in [6.45, 7) is 0. The van der Waals surface area contributed by atoms with E-state index in [0.717, 1.165) is 36.6 Å². The van der Waals surface area contributed by atoms with E-state index in [1.54, 1.807) is 0 Å². The van der Waals surface area contributed by atoms with Crippen LogP contribution in [0, 0.1) is 5.92 Å². The van der Waals surface area contributed by atoms with Crippen molar-refractivity contribution in [3.63, 3.8) is 0 Å². The van der Waals surface area contributed by atoms with Crippen LogP contribution in [0.3, 0.4) is 0 Å². The van der Waals surface area contributed by atoms with E-state index in [1.165, 1.54) is 43.5 Å². The van der Waals surface area contributed by atoms with Crippen molar-refractivity contribution in [1.29, 1.82) is 0 Å². The van der Waals surface area contributed by atoms with Crippen molar-refractivity contribution in [2.75, 3.05) is 17.3 Å². The Balaban J connectivity index is 1.48. The number of hydrogen-bond acceptors (Lipinski definition) is 6. The second kappa shape index (κ2) is 6.83. The van der Waals surface area contributed by atoms with Gasteiger partial charge in [0, 0.05) is 29.7 Å². The Kier molecular flexibility index (Phi) is 5.02. The molecule has 2 fully saturated rings. The zero-order chi connectivity index (χ0) is 15.6. The van der Waals surface area contributed by atoms with Gasteiger partial charge in [0.1, 0.15) is 15.7 Å². The van der Waals surface area contributed by atoms with Gasteiger partial charge in [0.2, 0.25) is 5.13 Å². The average Bonchev–Trinajstić information content (AvgIpc) is 3.10. The Morgan fingerprint density at radius 2 is 1.82 bits per heavy atom. The summed E-state index contributed by atoms with van der Waals surface area (Å²) in [4.78, 5) is 4.67. The van der Waals surface area contributed by atoms with Crippen LogP contribution in [0.2, 0.25) is 0 Å². The number of rotatable bonds is 5. The monoisotopic (exact) mass is 343 g/mol. The highest BCUT2D eigenvalue weighted by Crippen LogP contribution is 2.34. The third-order valence-electron chi connectivity index (χ3n) is 4.87. The number of nitrogens with one attached hydrogen (secondary N) is 1. The minimum Gasteiger partial charge on any atom is -0.358 e. The molecule has 1 heterocycles. The first-order valence-electron chi connectivity index (χ1n) is 8.27. The molecular weight excluding hydrogens is 318 g/mol. The predicted octanol–water partition coefficient (Wildman–Crippen LogP) is 3.21. The third-order valence-corrected chi connectivity index (χ3v) is 6.61. The maximum atomic E-state index is 11.4. The maximum absolute atomic E-state index is 11.4. The molecule has 2 aliphatic carbocycles. The fourth-order valence-electron chi connectivity index (χ4n) is 3.72. The van der Waals surface area contributed by atoms with Crippen molar-refractivity contribution in [2.45, 2.75) is 63.3 Å². The highest BCUT2D eigenvalue weighted by atomic mass is 32.2. The molecule has 0 aliphatic heterocycles. The molecule has 0 amide bonds. The lowest BCUT2D eigenvalue weighted by molar-refractivity contribution is 0.362. The van der Waals surface area contributed by atoms with E-state index in [-0.39, 0.29) is 0 Å². The first-order chi connectivity index (χ1) is 10.5. The van der Waals surface area contributed by atoms with Crippen LogP contribution in [-0.2, 0) is 9.84 Å². The van der Waals surface area contributed by atoms with Gasteiger partial charge in [-0.25, -0.2) is 13.4 Å². The van der Waals surface area contributed by atoms with Gasteiger partial charge < -0.3 is 5.32 Å². The molecule has 0 saturated heterocycles. The molecule has 22 heavy (non-hydrogen) atoms. The van der Waals surface area contributed by atoms with Gasteiger partial charge in [-0.3, -0.25) is 0 Å². The molecular formula is C15H25N3O2S2. The summed E-state index contributed by atoms with van der Waals surface area (Å²) in [5.41, 5.74) is 0. The molecule has 2 aliphatic rings. The summed E-state index contributed by atoms with van der Waals surface area (Å²) in [5, 5.41) is 4.44. The van der Waals surface area contributed by atoms with Gasteiger partial charge in [-0.2, -0.15) is 4.37 Å². The topological polar surface area (TPSA) is 72.0 Å². The van der Waals surface area contributed by atoms with E-state index in [1.807, 2.05) is 0 Å². The molecule has 124 valence electrons. The summed E-state index contributed by atoms with van der Waals surface area (Å²) in [6.07, 6.45) is 10.4. The Bertz CT molecular complexity index is 586. The van der Waals surface area contributed by atoms with E-state index < -0.39 is 9.84 Å². The molecule has 2 saturated carbocycles. The smallest absolute Gasteiger partial charge is 0.202 e. The van der Waals surface area contributed by atoms with Crippen LogP contribution < -0.4 is 5.32 Å². The summed E-state index contributed by atoms with van der Waals surface area (Å²) >= 11 is 1.47. The molecule has 0 radical (unpaired) electrons. The lowest BCUT2D eigenvalue weighted by Gasteiger charge is -2.28. The molecule has 7 heteroatoms. The molecule has 1 N–H and O–H groups in total. The van der Waals surface area contributed by atoms with Crippen molar-refractivity contribution >= 4 is 26.5 Å². The molecule has 5 nitrogen and oxygen atoms in total. The summed E-state index contributed by atoms with van der Waals surface area (Å²) in [6, 6.07) is 0.417. The van der Waals surface area contributed by atoms with Crippen LogP contribution in [0.1, 0.15) is 63.1 Å². The molecule has 0 aromatic carbocycles. The number of nitrogens with zero attached hydrogens (tertiary/aromatic N) is 2. The summed E-state index contributed by atoms with van der Waals surface area (Å²) in [7, 11) is -2.85. The minimum atomic E-state index is -2.85. The zero-order valence-electron chi connectivity index (χ0n) is 13.1. The third kappa shape index (κ3) is 4.41. The molecule has 3 rings (SSSR count). The van der Waals surface area contributed by atoms with Crippen LogP contribution >= 0.6 is 11.5 Å². The SMILES string of the molecule is CS(=O)(=O)CC1CCC(Nc2nc(C3CCCC3)ns2)CC1. The molecule has 1 aromatic heterocycles. The molecule has 0 spiro atoms. The van der Waals surface area contributed by atoms with Crippen molar-refractivity contribution in [2.24, 2.45) is 5.92 Å². The van der Waals surface area contributed by atoms with E-state index in [4.69, 9.17) is 0 Å². The van der Waals surface area contributed by atoms with Crippen molar-refractivity contribution in [3.05, 3.63) is 5.82 Å². The summed E-state index contributed by atoms with van der Waals surface area (Å²) < 4.78 is 27.3. The van der Waals surface area contributed by atoms with Crippen molar-refractivity contribution in [3.8, 4) is 0 Å². The fourth-order valence-corrected chi connectivity index (χ4v) is 5.63. The van der Waals surface area contributed by atoms with Gasteiger partial charge in [0.15, 0.2) is 0 Å². The zero-order valence-corrected chi connectivity index (χ0v) is 14.8. The Morgan fingerprint density at radius 3 is 2.45 bits per heavy atom. The van der Waals surface area contributed by atoms with Crippen LogP contribution in [0.4, 0.5) is 5.13 Å². The molecule has 0 bridgehead atoms. The van der Waals surface area contributed by atoms with Gasteiger partial charge in [0.25, 0.3) is 0 Å². The number of aromatic nitrogens is 2. The van der Waals surface area contributed by atoms with Gasteiger partial charge in [-0.15, -0.1) is 0 Å². The van der Waals surface area contributed by atoms with E-state index >= 15 is 0 Å². The second-order valence-electron chi connectivity index (χ2n) is 6.89.